The maximum Gasteiger partial charge on any atom is 0.236 e. The van der Waals surface area contributed by atoms with Gasteiger partial charge < -0.3 is 4.90 Å². The molecule has 0 saturated carbocycles. The topological polar surface area (TPSA) is 70.1 Å². The quantitative estimate of drug-likeness (QED) is 0.741. The molecule has 0 unspecified atom stereocenters. The summed E-state index contributed by atoms with van der Waals surface area (Å²) in [6.45, 7) is 2.34. The average Bonchev–Trinajstić information content (AvgIpc) is 3.19. The number of aliphatic imine (C=N–C) groups is 1. The van der Waals surface area contributed by atoms with Gasteiger partial charge in [0.05, 0.1) is 12.3 Å². The molecule has 2 aliphatic heterocycles. The molecule has 9 heteroatoms. The van der Waals surface area contributed by atoms with Crippen LogP contribution in [0.4, 0.5) is 0 Å². The van der Waals surface area contributed by atoms with Gasteiger partial charge in [0.25, 0.3) is 0 Å². The number of nitrogens with zero attached hydrogens (tertiary/aromatic N) is 3. The molecule has 1 aromatic carbocycles. The first-order chi connectivity index (χ1) is 12.5. The van der Waals surface area contributed by atoms with E-state index in [1.807, 2.05) is 30.3 Å². The van der Waals surface area contributed by atoms with E-state index in [1.165, 1.54) is 21.5 Å². The maximum absolute atomic E-state index is 12.4. The first-order valence-electron chi connectivity index (χ1n) is 8.36. The predicted octanol–water partition coefficient (Wildman–Crippen LogP) is 1.97. The summed E-state index contributed by atoms with van der Waals surface area (Å²) in [6, 6.07) is 9.33. The van der Waals surface area contributed by atoms with Gasteiger partial charge >= 0.3 is 0 Å². The van der Waals surface area contributed by atoms with Gasteiger partial charge in [0.2, 0.25) is 15.9 Å². The number of thioether (sulfide) groups is 2. The Morgan fingerprint density at radius 3 is 2.58 bits per heavy atom. The number of amides is 1. The highest BCUT2D eigenvalue weighted by Crippen LogP contribution is 2.22. The largest absolute Gasteiger partial charge is 0.339 e. The number of piperazine rings is 1. The Kier molecular flexibility index (Phi) is 6.80. The lowest BCUT2D eigenvalue weighted by atomic mass is 10.2. The van der Waals surface area contributed by atoms with Crippen molar-refractivity contribution >= 4 is 49.9 Å². The molecule has 0 aliphatic carbocycles. The number of rotatable bonds is 5. The summed E-state index contributed by atoms with van der Waals surface area (Å²) in [7, 11) is -3.47. The molecule has 0 atom stereocenters. The Labute approximate surface area is 162 Å². The predicted molar refractivity (Wildman–Crippen MR) is 110 cm³/mol. The third-order valence-electron chi connectivity index (χ3n) is 4.06. The molecule has 3 rings (SSSR count). The molecule has 1 amide bonds. The second-order valence-corrected chi connectivity index (χ2v) is 9.95. The summed E-state index contributed by atoms with van der Waals surface area (Å²) in [5.74, 6) is 1.40. The Bertz CT molecular complexity index is 786. The summed E-state index contributed by atoms with van der Waals surface area (Å²) in [5.41, 5.74) is 0.842. The van der Waals surface area contributed by atoms with Crippen LogP contribution in [0.15, 0.2) is 40.7 Å². The Morgan fingerprint density at radius 1 is 1.19 bits per heavy atom. The maximum atomic E-state index is 12.4. The molecular formula is C17H21N3O3S3. The van der Waals surface area contributed by atoms with Gasteiger partial charge in [-0.2, -0.15) is 4.31 Å². The molecule has 0 aromatic heterocycles. The van der Waals surface area contributed by atoms with Gasteiger partial charge in [-0.3, -0.25) is 9.79 Å². The zero-order chi connectivity index (χ0) is 18.4. The third-order valence-corrected chi connectivity index (χ3v) is 7.86. The van der Waals surface area contributed by atoms with Crippen LogP contribution in [-0.2, 0) is 14.8 Å². The highest BCUT2D eigenvalue weighted by molar-refractivity contribution is 8.39. The summed E-state index contributed by atoms with van der Waals surface area (Å²) >= 11 is 3.16. The Hall–Kier alpha value is -1.29. The van der Waals surface area contributed by atoms with Crippen LogP contribution >= 0.6 is 23.5 Å². The molecule has 1 aromatic rings. The normalized spacial score (nSPS) is 19.1. The van der Waals surface area contributed by atoms with Crippen molar-refractivity contribution in [3.05, 3.63) is 41.3 Å². The van der Waals surface area contributed by atoms with Gasteiger partial charge in [-0.25, -0.2) is 8.42 Å². The lowest BCUT2D eigenvalue weighted by Gasteiger charge is -2.33. The summed E-state index contributed by atoms with van der Waals surface area (Å²) in [5, 5.41) is 1.24. The van der Waals surface area contributed by atoms with Crippen molar-refractivity contribution < 1.29 is 13.2 Å². The van der Waals surface area contributed by atoms with Crippen LogP contribution < -0.4 is 0 Å². The van der Waals surface area contributed by atoms with E-state index in [0.29, 0.717) is 31.9 Å². The van der Waals surface area contributed by atoms with Crippen molar-refractivity contribution in [3.8, 4) is 0 Å². The van der Waals surface area contributed by atoms with Gasteiger partial charge in [0.15, 0.2) is 0 Å². The first-order valence-corrected chi connectivity index (χ1v) is 11.8. The van der Waals surface area contributed by atoms with Crippen molar-refractivity contribution in [2.24, 2.45) is 4.99 Å². The molecule has 140 valence electrons. The molecule has 2 aliphatic rings. The molecule has 0 radical (unpaired) electrons. The molecule has 0 N–H and O–H groups in total. The molecule has 1 saturated heterocycles. The van der Waals surface area contributed by atoms with Gasteiger partial charge in [0.1, 0.15) is 4.38 Å². The number of hydrogen-bond acceptors (Lipinski definition) is 6. The Balaban J connectivity index is 1.49. The number of carbonyl (C=O) groups is 1. The van der Waals surface area contributed by atoms with Crippen LogP contribution in [0.25, 0.3) is 6.08 Å². The smallest absolute Gasteiger partial charge is 0.236 e. The van der Waals surface area contributed by atoms with Crippen molar-refractivity contribution in [2.75, 3.05) is 44.2 Å². The van der Waals surface area contributed by atoms with Crippen LogP contribution in [0.2, 0.25) is 0 Å². The highest BCUT2D eigenvalue weighted by Gasteiger charge is 2.27. The van der Waals surface area contributed by atoms with E-state index in [0.717, 1.165) is 22.2 Å². The summed E-state index contributed by atoms with van der Waals surface area (Å²) < 4.78 is 27.3. The van der Waals surface area contributed by atoms with Crippen molar-refractivity contribution in [2.45, 2.75) is 0 Å². The number of sulfonamides is 1. The lowest BCUT2D eigenvalue weighted by Crippen LogP contribution is -2.50. The second-order valence-electron chi connectivity index (χ2n) is 5.82. The molecule has 0 spiro atoms. The molecule has 0 bridgehead atoms. The number of hydrogen-bond donors (Lipinski definition) is 0. The lowest BCUT2D eigenvalue weighted by molar-refractivity contribution is -0.129. The summed E-state index contributed by atoms with van der Waals surface area (Å²) in [6.07, 6.45) is 1.60. The Morgan fingerprint density at radius 2 is 1.92 bits per heavy atom. The van der Waals surface area contributed by atoms with Crippen LogP contribution in [-0.4, -0.2) is 72.1 Å². The van der Waals surface area contributed by atoms with E-state index in [2.05, 4.69) is 4.99 Å². The van der Waals surface area contributed by atoms with Crippen LogP contribution in [0.1, 0.15) is 5.56 Å². The minimum Gasteiger partial charge on any atom is -0.339 e. The molecule has 6 nitrogen and oxygen atoms in total. The van der Waals surface area contributed by atoms with Crippen LogP contribution in [0, 0.1) is 0 Å². The molecule has 26 heavy (non-hydrogen) atoms. The minimum atomic E-state index is -3.47. The van der Waals surface area contributed by atoms with E-state index in [4.69, 9.17) is 0 Å². The number of benzene rings is 1. The standard InChI is InChI=1S/C17H21N3O3S3/c21-16(14-25-17-18-7-12-24-17)19-8-10-20(11-9-19)26(22,23)13-6-15-4-2-1-3-5-15/h1-6,13H,7-12,14H2/b13-6+. The fourth-order valence-electron chi connectivity index (χ4n) is 2.62. The van der Waals surface area contributed by atoms with E-state index in [-0.39, 0.29) is 5.91 Å². The van der Waals surface area contributed by atoms with E-state index >= 15 is 0 Å². The van der Waals surface area contributed by atoms with Gasteiger partial charge in [-0.05, 0) is 11.6 Å². The van der Waals surface area contributed by atoms with Gasteiger partial charge in [-0.1, -0.05) is 53.9 Å². The highest BCUT2D eigenvalue weighted by atomic mass is 32.2. The zero-order valence-corrected chi connectivity index (χ0v) is 16.7. The fourth-order valence-corrected chi connectivity index (χ4v) is 5.71. The average molecular weight is 412 g/mol. The monoisotopic (exact) mass is 411 g/mol. The van der Waals surface area contributed by atoms with Crippen molar-refractivity contribution in [3.63, 3.8) is 0 Å². The molecule has 2 heterocycles. The fraction of sp³-hybridized carbons (Fsp3) is 0.412. The first kappa shape index (κ1) is 19.5. The van der Waals surface area contributed by atoms with Gasteiger partial charge in [-0.15, -0.1) is 0 Å². The van der Waals surface area contributed by atoms with Crippen LogP contribution in [0.5, 0.6) is 0 Å². The van der Waals surface area contributed by atoms with Crippen LogP contribution in [0.3, 0.4) is 0 Å². The van der Waals surface area contributed by atoms with E-state index in [9.17, 15) is 13.2 Å². The zero-order valence-electron chi connectivity index (χ0n) is 14.3. The molecular weight excluding hydrogens is 390 g/mol. The number of carbonyl (C=O) groups excluding carboxylic acids is 1. The van der Waals surface area contributed by atoms with E-state index in [1.54, 1.807) is 22.7 Å². The third kappa shape index (κ3) is 5.35. The van der Waals surface area contributed by atoms with E-state index < -0.39 is 10.0 Å². The van der Waals surface area contributed by atoms with Gasteiger partial charge in [0, 0.05) is 37.3 Å². The minimum absolute atomic E-state index is 0.0436. The second kappa shape index (κ2) is 9.07. The summed E-state index contributed by atoms with van der Waals surface area (Å²) in [4.78, 5) is 18.3. The SMILES string of the molecule is O=C(CSC1=NCCS1)N1CCN(S(=O)(=O)/C=C/c2ccccc2)CC1. The molecule has 1 fully saturated rings. The van der Waals surface area contributed by atoms with Crippen molar-refractivity contribution in [1.82, 2.24) is 9.21 Å². The van der Waals surface area contributed by atoms with Crippen molar-refractivity contribution in [1.29, 1.82) is 0 Å².